The molecule has 3 rings (SSSR count). The molecule has 0 bridgehead atoms. The van der Waals surface area contributed by atoms with Gasteiger partial charge in [0.1, 0.15) is 11.9 Å². The average Bonchev–Trinajstić information content (AvgIpc) is 3.16. The molecule has 8 nitrogen and oxygen atoms in total. The van der Waals surface area contributed by atoms with Crippen LogP contribution in [0.5, 0.6) is 5.75 Å². The zero-order chi connectivity index (χ0) is 20.1. The monoisotopic (exact) mass is 426 g/mol. The van der Waals surface area contributed by atoms with Crippen LogP contribution in [0.4, 0.5) is 0 Å². The first-order valence-corrected chi connectivity index (χ1v) is 11.2. The lowest BCUT2D eigenvalue weighted by atomic mass is 10.1. The number of aromatic amines is 1. The normalized spacial score (nSPS) is 16.1. The van der Waals surface area contributed by atoms with Crippen LogP contribution < -0.4 is 10.1 Å². The van der Waals surface area contributed by atoms with E-state index < -0.39 is 10.0 Å². The first-order chi connectivity index (χ1) is 13.3. The third-order valence-electron chi connectivity index (χ3n) is 4.59. The number of hydrogen-bond donors (Lipinski definition) is 2. The molecular weight excluding hydrogens is 404 g/mol. The van der Waals surface area contributed by atoms with Crippen molar-refractivity contribution < 1.29 is 17.9 Å². The van der Waals surface area contributed by atoms with Crippen LogP contribution in [-0.4, -0.2) is 60.6 Å². The van der Waals surface area contributed by atoms with Crippen LogP contribution >= 0.6 is 11.6 Å². The Bertz CT molecular complexity index is 910. The zero-order valence-electron chi connectivity index (χ0n) is 15.5. The summed E-state index contributed by atoms with van der Waals surface area (Å²) in [5.74, 6) is 0.280. The first kappa shape index (κ1) is 20.6. The second-order valence-electron chi connectivity index (χ2n) is 6.71. The standard InChI is InChI=1S/C18H23ClN4O4S/c1-28(25,26)23-8-5-15(6-9-23)27-17-3-2-13(10-16(17)19)18(24)21-7-4-14-11-20-12-22-14/h2-3,10-12,15H,4-9H2,1H3,(H,20,22)(H,21,24). The molecule has 10 heteroatoms. The van der Waals surface area contributed by atoms with Gasteiger partial charge in [0, 0.05) is 43.5 Å². The molecule has 28 heavy (non-hydrogen) atoms. The molecule has 1 amide bonds. The van der Waals surface area contributed by atoms with Gasteiger partial charge >= 0.3 is 0 Å². The van der Waals surface area contributed by atoms with Crippen LogP contribution in [0, 0.1) is 0 Å². The molecule has 1 saturated heterocycles. The van der Waals surface area contributed by atoms with Gasteiger partial charge in [-0.1, -0.05) is 11.6 Å². The number of halogens is 1. The van der Waals surface area contributed by atoms with Crippen molar-refractivity contribution in [3.05, 3.63) is 47.0 Å². The summed E-state index contributed by atoms with van der Waals surface area (Å²) in [5.41, 5.74) is 1.40. The van der Waals surface area contributed by atoms with Crippen molar-refractivity contribution in [2.75, 3.05) is 25.9 Å². The van der Waals surface area contributed by atoms with Crippen molar-refractivity contribution in [2.24, 2.45) is 0 Å². The minimum Gasteiger partial charge on any atom is -0.489 e. The molecule has 0 radical (unpaired) electrons. The van der Waals surface area contributed by atoms with E-state index in [1.165, 1.54) is 10.6 Å². The quantitative estimate of drug-likeness (QED) is 0.702. The largest absolute Gasteiger partial charge is 0.489 e. The molecule has 1 aromatic heterocycles. The van der Waals surface area contributed by atoms with E-state index in [1.807, 2.05) is 0 Å². The lowest BCUT2D eigenvalue weighted by molar-refractivity contribution is 0.0954. The fourth-order valence-corrected chi connectivity index (χ4v) is 4.13. The van der Waals surface area contributed by atoms with E-state index >= 15 is 0 Å². The summed E-state index contributed by atoms with van der Waals surface area (Å²) >= 11 is 6.28. The maximum Gasteiger partial charge on any atom is 0.251 e. The Kier molecular flexibility index (Phi) is 6.58. The lowest BCUT2D eigenvalue weighted by Gasteiger charge is -2.30. The number of imidazole rings is 1. The molecule has 1 aliphatic heterocycles. The van der Waals surface area contributed by atoms with Crippen LogP contribution in [0.1, 0.15) is 28.9 Å². The molecule has 2 aromatic rings. The van der Waals surface area contributed by atoms with Crippen LogP contribution in [0.25, 0.3) is 0 Å². The summed E-state index contributed by atoms with van der Waals surface area (Å²) in [6.07, 6.45) is 6.27. The lowest BCUT2D eigenvalue weighted by Crippen LogP contribution is -2.41. The van der Waals surface area contributed by atoms with Crippen molar-refractivity contribution in [2.45, 2.75) is 25.4 Å². The predicted octanol–water partition coefficient (Wildman–Crippen LogP) is 1.84. The number of carbonyl (C=O) groups is 1. The Morgan fingerprint density at radius 1 is 1.39 bits per heavy atom. The number of carbonyl (C=O) groups excluding carboxylic acids is 1. The highest BCUT2D eigenvalue weighted by Crippen LogP contribution is 2.28. The van der Waals surface area contributed by atoms with Gasteiger partial charge in [0.05, 0.1) is 17.6 Å². The van der Waals surface area contributed by atoms with Crippen LogP contribution in [-0.2, 0) is 16.4 Å². The summed E-state index contributed by atoms with van der Waals surface area (Å²) in [6.45, 7) is 1.34. The van der Waals surface area contributed by atoms with Crippen molar-refractivity contribution in [1.29, 1.82) is 0 Å². The van der Waals surface area contributed by atoms with Gasteiger partial charge in [0.15, 0.2) is 0 Å². The predicted molar refractivity (Wildman–Crippen MR) is 106 cm³/mol. The zero-order valence-corrected chi connectivity index (χ0v) is 17.1. The van der Waals surface area contributed by atoms with E-state index in [-0.39, 0.29) is 12.0 Å². The van der Waals surface area contributed by atoms with Crippen LogP contribution in [0.3, 0.4) is 0 Å². The van der Waals surface area contributed by atoms with E-state index in [4.69, 9.17) is 16.3 Å². The molecule has 0 aliphatic carbocycles. The third-order valence-corrected chi connectivity index (χ3v) is 6.19. The summed E-state index contributed by atoms with van der Waals surface area (Å²) < 4.78 is 30.5. The number of nitrogens with zero attached hydrogens (tertiary/aromatic N) is 2. The fraction of sp³-hybridized carbons (Fsp3) is 0.444. The minimum atomic E-state index is -3.17. The number of ether oxygens (including phenoxy) is 1. The summed E-state index contributed by atoms with van der Waals surface area (Å²) in [6, 6.07) is 4.92. The third kappa shape index (κ3) is 5.46. The van der Waals surface area contributed by atoms with Crippen molar-refractivity contribution in [3.63, 3.8) is 0 Å². The highest BCUT2D eigenvalue weighted by molar-refractivity contribution is 7.88. The van der Waals surface area contributed by atoms with Gasteiger partial charge in [-0.2, -0.15) is 0 Å². The Morgan fingerprint density at radius 2 is 2.14 bits per heavy atom. The summed E-state index contributed by atoms with van der Waals surface area (Å²) in [5, 5.41) is 3.19. The van der Waals surface area contributed by atoms with Gasteiger partial charge in [0.25, 0.3) is 5.91 Å². The Labute approximate surface area is 169 Å². The molecule has 0 unspecified atom stereocenters. The molecule has 0 spiro atoms. The Balaban J connectivity index is 1.51. The van der Waals surface area contributed by atoms with Gasteiger partial charge in [-0.3, -0.25) is 4.79 Å². The summed E-state index contributed by atoms with van der Waals surface area (Å²) in [7, 11) is -3.17. The number of benzene rings is 1. The Morgan fingerprint density at radius 3 is 2.75 bits per heavy atom. The molecule has 0 saturated carbocycles. The minimum absolute atomic E-state index is 0.107. The van der Waals surface area contributed by atoms with Gasteiger partial charge in [-0.15, -0.1) is 0 Å². The SMILES string of the molecule is CS(=O)(=O)N1CCC(Oc2ccc(C(=O)NCCc3cnc[nH]3)cc2Cl)CC1. The number of hydrogen-bond acceptors (Lipinski definition) is 5. The maximum absolute atomic E-state index is 12.3. The van der Waals surface area contributed by atoms with Gasteiger partial charge in [0.2, 0.25) is 10.0 Å². The number of amides is 1. The van der Waals surface area contributed by atoms with E-state index in [0.717, 1.165) is 5.69 Å². The number of rotatable bonds is 7. The van der Waals surface area contributed by atoms with Gasteiger partial charge < -0.3 is 15.0 Å². The fourth-order valence-electron chi connectivity index (χ4n) is 3.03. The Hall–Kier alpha value is -2.10. The number of sulfonamides is 1. The summed E-state index contributed by atoms with van der Waals surface area (Å²) in [4.78, 5) is 19.2. The number of H-pyrrole nitrogens is 1. The molecule has 0 atom stereocenters. The van der Waals surface area contributed by atoms with Crippen molar-refractivity contribution >= 4 is 27.5 Å². The van der Waals surface area contributed by atoms with Gasteiger partial charge in [-0.05, 0) is 31.0 Å². The van der Waals surface area contributed by atoms with Gasteiger partial charge in [-0.25, -0.2) is 17.7 Å². The van der Waals surface area contributed by atoms with Crippen molar-refractivity contribution in [3.8, 4) is 5.75 Å². The number of nitrogens with one attached hydrogen (secondary N) is 2. The highest BCUT2D eigenvalue weighted by Gasteiger charge is 2.26. The van der Waals surface area contributed by atoms with E-state index in [2.05, 4.69) is 15.3 Å². The second-order valence-corrected chi connectivity index (χ2v) is 9.10. The average molecular weight is 427 g/mol. The van der Waals surface area contributed by atoms with Crippen molar-refractivity contribution in [1.82, 2.24) is 19.6 Å². The second kappa shape index (κ2) is 8.93. The molecule has 1 fully saturated rings. The molecule has 152 valence electrons. The molecular formula is C18H23ClN4O4S. The van der Waals surface area contributed by atoms with E-state index in [9.17, 15) is 13.2 Å². The van der Waals surface area contributed by atoms with E-state index in [0.29, 0.717) is 55.2 Å². The smallest absolute Gasteiger partial charge is 0.251 e. The topological polar surface area (TPSA) is 104 Å². The molecule has 2 heterocycles. The molecule has 1 aromatic carbocycles. The highest BCUT2D eigenvalue weighted by atomic mass is 35.5. The van der Waals surface area contributed by atoms with E-state index in [1.54, 1.807) is 30.7 Å². The first-order valence-electron chi connectivity index (χ1n) is 8.99. The molecule has 2 N–H and O–H groups in total. The van der Waals surface area contributed by atoms with Crippen LogP contribution in [0.2, 0.25) is 5.02 Å². The molecule has 1 aliphatic rings. The van der Waals surface area contributed by atoms with Crippen LogP contribution in [0.15, 0.2) is 30.7 Å². The number of aromatic nitrogens is 2. The number of piperidine rings is 1. The maximum atomic E-state index is 12.3.